The van der Waals surface area contributed by atoms with Crippen molar-refractivity contribution in [1.29, 1.82) is 0 Å². The molecular weight excluding hydrogens is 365 g/mol. The average Bonchev–Trinajstić information content (AvgIpc) is 2.63. The second-order valence-electron chi connectivity index (χ2n) is 5.10. The van der Waals surface area contributed by atoms with Crippen LogP contribution in [-0.2, 0) is 19.6 Å². The Kier molecular flexibility index (Phi) is 6.40. The third-order valence-electron chi connectivity index (χ3n) is 3.34. The fourth-order valence-corrected chi connectivity index (χ4v) is 3.09. The molecule has 1 N–H and O–H groups in total. The SMILES string of the molecule is COC(=O)CCOc1ccc(S(=O)(=O)Nc2ccc(F)cc2OC)cc1. The number of esters is 1. The minimum Gasteiger partial charge on any atom is -0.494 e. The molecule has 0 aromatic heterocycles. The van der Waals surface area contributed by atoms with Crippen LogP contribution in [0.3, 0.4) is 0 Å². The summed E-state index contributed by atoms with van der Waals surface area (Å²) in [6.07, 6.45) is 0.0858. The van der Waals surface area contributed by atoms with Gasteiger partial charge in [0, 0.05) is 6.07 Å². The van der Waals surface area contributed by atoms with Crippen LogP contribution in [0.1, 0.15) is 6.42 Å². The predicted octanol–water partition coefficient (Wildman–Crippen LogP) is 2.58. The minimum absolute atomic E-state index is 0.0100. The highest BCUT2D eigenvalue weighted by Gasteiger charge is 2.17. The van der Waals surface area contributed by atoms with E-state index in [1.165, 1.54) is 44.6 Å². The molecule has 2 rings (SSSR count). The number of anilines is 1. The van der Waals surface area contributed by atoms with Crippen LogP contribution in [0.5, 0.6) is 11.5 Å². The van der Waals surface area contributed by atoms with Crippen molar-refractivity contribution >= 4 is 21.7 Å². The molecule has 9 heteroatoms. The molecule has 0 atom stereocenters. The predicted molar refractivity (Wildman–Crippen MR) is 92.3 cm³/mol. The van der Waals surface area contributed by atoms with Gasteiger partial charge in [-0.05, 0) is 36.4 Å². The zero-order valence-corrected chi connectivity index (χ0v) is 15.0. The first-order valence-corrected chi connectivity index (χ1v) is 9.00. The molecule has 0 spiro atoms. The molecule has 0 aliphatic heterocycles. The monoisotopic (exact) mass is 383 g/mol. The smallest absolute Gasteiger partial charge is 0.308 e. The number of ether oxygens (including phenoxy) is 3. The van der Waals surface area contributed by atoms with Gasteiger partial charge in [0.25, 0.3) is 10.0 Å². The molecule has 2 aromatic carbocycles. The van der Waals surface area contributed by atoms with Crippen LogP contribution >= 0.6 is 0 Å². The summed E-state index contributed by atoms with van der Waals surface area (Å²) in [5.74, 6) is -0.469. The van der Waals surface area contributed by atoms with Gasteiger partial charge >= 0.3 is 5.97 Å². The van der Waals surface area contributed by atoms with E-state index in [-0.39, 0.29) is 29.4 Å². The van der Waals surface area contributed by atoms with Crippen LogP contribution < -0.4 is 14.2 Å². The van der Waals surface area contributed by atoms with Gasteiger partial charge in [-0.3, -0.25) is 9.52 Å². The number of methoxy groups -OCH3 is 2. The minimum atomic E-state index is -3.90. The van der Waals surface area contributed by atoms with Gasteiger partial charge in [0.05, 0.1) is 37.8 Å². The second kappa shape index (κ2) is 8.52. The zero-order chi connectivity index (χ0) is 19.2. The van der Waals surface area contributed by atoms with E-state index in [1.54, 1.807) is 0 Å². The number of carbonyl (C=O) groups excluding carboxylic acids is 1. The number of hydrogen-bond acceptors (Lipinski definition) is 6. The summed E-state index contributed by atoms with van der Waals surface area (Å²) in [7, 11) is -1.30. The van der Waals surface area contributed by atoms with Crippen molar-refractivity contribution in [1.82, 2.24) is 0 Å². The Hall–Kier alpha value is -2.81. The standard InChI is InChI=1S/C17H18FNO6S/c1-23-16-11-12(18)3-8-15(16)19-26(21,22)14-6-4-13(5-7-14)25-10-9-17(20)24-2/h3-8,11,19H,9-10H2,1-2H3. The van der Waals surface area contributed by atoms with Gasteiger partial charge < -0.3 is 14.2 Å². The topological polar surface area (TPSA) is 90.9 Å². The maximum atomic E-state index is 13.2. The Labute approximate surface area is 150 Å². The van der Waals surface area contributed by atoms with Gasteiger partial charge in [0.15, 0.2) is 0 Å². The Morgan fingerprint density at radius 2 is 1.81 bits per heavy atom. The number of sulfonamides is 1. The molecule has 0 unspecified atom stereocenters. The van der Waals surface area contributed by atoms with Crippen molar-refractivity contribution in [2.24, 2.45) is 0 Å². The van der Waals surface area contributed by atoms with Crippen molar-refractivity contribution in [3.63, 3.8) is 0 Å². The summed E-state index contributed by atoms with van der Waals surface area (Å²) in [5.41, 5.74) is 0.118. The van der Waals surface area contributed by atoms with Crippen molar-refractivity contribution in [3.05, 3.63) is 48.3 Å². The highest BCUT2D eigenvalue weighted by Crippen LogP contribution is 2.28. The quantitative estimate of drug-likeness (QED) is 0.705. The summed E-state index contributed by atoms with van der Waals surface area (Å²) >= 11 is 0. The van der Waals surface area contributed by atoms with Crippen LogP contribution in [0.25, 0.3) is 0 Å². The van der Waals surface area contributed by atoms with Gasteiger partial charge in [0.1, 0.15) is 17.3 Å². The summed E-state index contributed by atoms with van der Waals surface area (Å²) < 4.78 is 55.3. The van der Waals surface area contributed by atoms with E-state index in [2.05, 4.69) is 9.46 Å². The highest BCUT2D eigenvalue weighted by atomic mass is 32.2. The van der Waals surface area contributed by atoms with Gasteiger partial charge in [-0.2, -0.15) is 0 Å². The van der Waals surface area contributed by atoms with Crippen molar-refractivity contribution in [2.75, 3.05) is 25.5 Å². The number of hydrogen-bond donors (Lipinski definition) is 1. The average molecular weight is 383 g/mol. The van der Waals surface area contributed by atoms with Crippen LogP contribution in [-0.4, -0.2) is 35.2 Å². The molecular formula is C17H18FNO6S. The van der Waals surface area contributed by atoms with E-state index in [1.807, 2.05) is 0 Å². The Morgan fingerprint density at radius 3 is 2.42 bits per heavy atom. The third-order valence-corrected chi connectivity index (χ3v) is 4.73. The molecule has 0 aliphatic carbocycles. The first-order chi connectivity index (χ1) is 12.4. The second-order valence-corrected chi connectivity index (χ2v) is 6.78. The lowest BCUT2D eigenvalue weighted by molar-refractivity contribution is -0.141. The van der Waals surface area contributed by atoms with E-state index in [0.717, 1.165) is 12.1 Å². The Balaban J connectivity index is 2.08. The maximum absolute atomic E-state index is 13.2. The molecule has 0 radical (unpaired) electrons. The Morgan fingerprint density at radius 1 is 1.12 bits per heavy atom. The number of benzene rings is 2. The number of rotatable bonds is 8. The van der Waals surface area contributed by atoms with E-state index >= 15 is 0 Å². The molecule has 0 heterocycles. The first-order valence-electron chi connectivity index (χ1n) is 7.52. The molecule has 2 aromatic rings. The van der Waals surface area contributed by atoms with Crippen LogP contribution in [0.15, 0.2) is 47.4 Å². The number of carbonyl (C=O) groups is 1. The van der Waals surface area contributed by atoms with Crippen molar-refractivity contribution < 1.29 is 31.8 Å². The molecule has 0 amide bonds. The summed E-state index contributed by atoms with van der Waals surface area (Å²) in [6, 6.07) is 9.11. The molecule has 26 heavy (non-hydrogen) atoms. The normalized spacial score (nSPS) is 10.9. The van der Waals surface area contributed by atoms with E-state index < -0.39 is 21.8 Å². The zero-order valence-electron chi connectivity index (χ0n) is 14.2. The van der Waals surface area contributed by atoms with E-state index in [0.29, 0.717) is 5.75 Å². The van der Waals surface area contributed by atoms with E-state index in [4.69, 9.17) is 9.47 Å². The van der Waals surface area contributed by atoms with Crippen LogP contribution in [0, 0.1) is 5.82 Å². The number of nitrogens with one attached hydrogen (secondary N) is 1. The lowest BCUT2D eigenvalue weighted by Gasteiger charge is -2.12. The molecule has 7 nitrogen and oxygen atoms in total. The van der Waals surface area contributed by atoms with Crippen molar-refractivity contribution in [3.8, 4) is 11.5 Å². The maximum Gasteiger partial charge on any atom is 0.308 e. The van der Waals surface area contributed by atoms with Gasteiger partial charge in [-0.15, -0.1) is 0 Å². The van der Waals surface area contributed by atoms with Crippen LogP contribution in [0.4, 0.5) is 10.1 Å². The Bertz CT molecular complexity index is 867. The fraction of sp³-hybridized carbons (Fsp3) is 0.235. The molecule has 0 saturated carbocycles. The molecule has 140 valence electrons. The lowest BCUT2D eigenvalue weighted by atomic mass is 10.3. The highest BCUT2D eigenvalue weighted by molar-refractivity contribution is 7.92. The first kappa shape index (κ1) is 19.5. The van der Waals surface area contributed by atoms with Gasteiger partial charge in [-0.25, -0.2) is 12.8 Å². The van der Waals surface area contributed by atoms with Gasteiger partial charge in [-0.1, -0.05) is 0 Å². The third kappa shape index (κ3) is 5.09. The molecule has 0 bridgehead atoms. The summed E-state index contributed by atoms with van der Waals surface area (Å²) in [6.45, 7) is 0.115. The van der Waals surface area contributed by atoms with E-state index in [9.17, 15) is 17.6 Å². The fourth-order valence-electron chi connectivity index (χ4n) is 2.02. The molecule has 0 aliphatic rings. The molecule has 0 saturated heterocycles. The number of halogens is 1. The summed E-state index contributed by atoms with van der Waals surface area (Å²) in [4.78, 5) is 11.0. The summed E-state index contributed by atoms with van der Waals surface area (Å²) in [5, 5.41) is 0. The molecule has 0 fully saturated rings. The van der Waals surface area contributed by atoms with Crippen molar-refractivity contribution in [2.45, 2.75) is 11.3 Å². The van der Waals surface area contributed by atoms with Gasteiger partial charge in [0.2, 0.25) is 0 Å². The van der Waals surface area contributed by atoms with Crippen LogP contribution in [0.2, 0.25) is 0 Å². The largest absolute Gasteiger partial charge is 0.494 e. The lowest BCUT2D eigenvalue weighted by Crippen LogP contribution is -2.13.